The second-order valence-electron chi connectivity index (χ2n) is 6.09. The van der Waals surface area contributed by atoms with E-state index in [0.29, 0.717) is 23.4 Å². The van der Waals surface area contributed by atoms with Gasteiger partial charge in [0.25, 0.3) is 0 Å². The lowest BCUT2D eigenvalue weighted by Crippen LogP contribution is -2.36. The molecule has 0 aromatic heterocycles. The molecule has 0 spiro atoms. The molecule has 2 aromatic carbocycles. The van der Waals surface area contributed by atoms with E-state index in [-0.39, 0.29) is 23.8 Å². The molecule has 27 heavy (non-hydrogen) atoms. The van der Waals surface area contributed by atoms with E-state index in [0.717, 1.165) is 0 Å². The van der Waals surface area contributed by atoms with Crippen LogP contribution in [0.25, 0.3) is 0 Å². The monoisotopic (exact) mass is 374 g/mol. The molecule has 0 bridgehead atoms. The van der Waals surface area contributed by atoms with Crippen molar-refractivity contribution in [2.45, 2.75) is 19.3 Å². The van der Waals surface area contributed by atoms with Crippen molar-refractivity contribution in [3.8, 4) is 11.5 Å². The van der Waals surface area contributed by atoms with Gasteiger partial charge in [0.05, 0.1) is 19.9 Å². The molecule has 0 saturated heterocycles. The van der Waals surface area contributed by atoms with E-state index in [1.807, 2.05) is 0 Å². The summed E-state index contributed by atoms with van der Waals surface area (Å²) in [6, 6.07) is 9.02. The van der Waals surface area contributed by atoms with Gasteiger partial charge in [-0.1, -0.05) is 6.07 Å². The summed E-state index contributed by atoms with van der Waals surface area (Å²) in [5.74, 6) is -1.49. The predicted octanol–water partition coefficient (Wildman–Crippen LogP) is 3.72. The quantitative estimate of drug-likeness (QED) is 0.802. The van der Waals surface area contributed by atoms with Gasteiger partial charge in [-0.15, -0.1) is 0 Å². The van der Waals surface area contributed by atoms with Crippen molar-refractivity contribution in [1.29, 1.82) is 0 Å². The molecule has 1 aliphatic rings. The van der Waals surface area contributed by atoms with Crippen molar-refractivity contribution in [1.82, 2.24) is 5.01 Å². The van der Waals surface area contributed by atoms with Crippen LogP contribution in [0.4, 0.5) is 8.78 Å². The van der Waals surface area contributed by atoms with E-state index < -0.39 is 17.6 Å². The number of nitrogens with zero attached hydrogens (tertiary/aromatic N) is 2. The van der Waals surface area contributed by atoms with Crippen LogP contribution < -0.4 is 9.47 Å². The molecule has 3 rings (SSSR count). The molecule has 2 aromatic rings. The van der Waals surface area contributed by atoms with Crippen molar-refractivity contribution in [2.24, 2.45) is 5.10 Å². The van der Waals surface area contributed by atoms with Crippen molar-refractivity contribution in [2.75, 3.05) is 20.8 Å². The first kappa shape index (κ1) is 18.8. The number of methoxy groups -OCH3 is 2. The van der Waals surface area contributed by atoms with Gasteiger partial charge in [-0.05, 0) is 42.8 Å². The van der Waals surface area contributed by atoms with Crippen molar-refractivity contribution in [3.05, 3.63) is 59.2 Å². The molecule has 142 valence electrons. The van der Waals surface area contributed by atoms with Crippen LogP contribution in [0.15, 0.2) is 41.5 Å². The third-order valence-electron chi connectivity index (χ3n) is 4.55. The van der Waals surface area contributed by atoms with E-state index >= 15 is 0 Å². The Morgan fingerprint density at radius 1 is 1.07 bits per heavy atom. The summed E-state index contributed by atoms with van der Waals surface area (Å²) in [5, 5.41) is 5.76. The molecule has 1 amide bonds. The summed E-state index contributed by atoms with van der Waals surface area (Å²) < 4.78 is 38.3. The van der Waals surface area contributed by atoms with Gasteiger partial charge in [0.15, 0.2) is 23.1 Å². The molecule has 5 nitrogen and oxygen atoms in total. The number of hydrogen-bond acceptors (Lipinski definition) is 4. The SMILES string of the molecule is CCN1N=C(c2ccc(OC)c(F)c2)C(c2ccc(OC)c(F)c2)CC1=O. The standard InChI is InChI=1S/C20H20F2N2O3/c1-4-24-19(25)11-14(12-5-7-17(26-2)15(21)9-12)20(23-24)13-6-8-18(27-3)16(22)10-13/h5-10,14H,4,11H2,1-3H3. The minimum absolute atomic E-state index is 0.116. The zero-order valence-corrected chi connectivity index (χ0v) is 15.3. The van der Waals surface area contributed by atoms with Crippen LogP contribution in [0.2, 0.25) is 0 Å². The van der Waals surface area contributed by atoms with Crippen LogP contribution >= 0.6 is 0 Å². The van der Waals surface area contributed by atoms with Crippen molar-refractivity contribution < 1.29 is 23.0 Å². The largest absolute Gasteiger partial charge is 0.494 e. The first-order valence-corrected chi connectivity index (χ1v) is 8.54. The van der Waals surface area contributed by atoms with Gasteiger partial charge in [0.2, 0.25) is 5.91 Å². The third-order valence-corrected chi connectivity index (χ3v) is 4.55. The van der Waals surface area contributed by atoms with Crippen LogP contribution in [-0.4, -0.2) is 37.4 Å². The smallest absolute Gasteiger partial charge is 0.243 e. The Kier molecular flexibility index (Phi) is 5.39. The van der Waals surface area contributed by atoms with Crippen molar-refractivity contribution >= 4 is 11.6 Å². The van der Waals surface area contributed by atoms with Crippen LogP contribution in [0, 0.1) is 11.6 Å². The Morgan fingerprint density at radius 2 is 1.70 bits per heavy atom. The summed E-state index contributed by atoms with van der Waals surface area (Å²) in [5.41, 5.74) is 1.59. The molecule has 1 unspecified atom stereocenters. The van der Waals surface area contributed by atoms with E-state index in [2.05, 4.69) is 5.10 Å². The lowest BCUT2D eigenvalue weighted by molar-refractivity contribution is -0.131. The maximum absolute atomic E-state index is 14.2. The van der Waals surface area contributed by atoms with E-state index in [1.165, 1.54) is 43.5 Å². The summed E-state index contributed by atoms with van der Waals surface area (Å²) in [6.45, 7) is 2.20. The second kappa shape index (κ2) is 7.73. The number of carbonyl (C=O) groups is 1. The Hall–Kier alpha value is -2.96. The lowest BCUT2D eigenvalue weighted by atomic mass is 9.85. The van der Waals surface area contributed by atoms with Crippen LogP contribution in [0.5, 0.6) is 11.5 Å². The first-order chi connectivity index (χ1) is 13.0. The Bertz CT molecular complexity index is 899. The van der Waals surface area contributed by atoms with Crippen LogP contribution in [0.1, 0.15) is 30.4 Å². The molecule has 0 radical (unpaired) electrons. The number of hydrogen-bond donors (Lipinski definition) is 0. The fourth-order valence-electron chi connectivity index (χ4n) is 3.14. The Morgan fingerprint density at radius 3 is 2.26 bits per heavy atom. The number of benzene rings is 2. The number of rotatable bonds is 5. The van der Waals surface area contributed by atoms with Gasteiger partial charge in [0, 0.05) is 24.4 Å². The predicted molar refractivity (Wildman–Crippen MR) is 97.2 cm³/mol. The van der Waals surface area contributed by atoms with Gasteiger partial charge in [-0.25, -0.2) is 13.8 Å². The highest BCUT2D eigenvalue weighted by Gasteiger charge is 2.31. The molecular weight excluding hydrogens is 354 g/mol. The first-order valence-electron chi connectivity index (χ1n) is 8.54. The molecule has 0 saturated carbocycles. The number of ether oxygens (including phenoxy) is 2. The molecule has 1 heterocycles. The zero-order chi connectivity index (χ0) is 19.6. The third kappa shape index (κ3) is 3.63. The van der Waals surface area contributed by atoms with Gasteiger partial charge in [-0.2, -0.15) is 5.10 Å². The second-order valence-corrected chi connectivity index (χ2v) is 6.09. The highest BCUT2D eigenvalue weighted by molar-refractivity contribution is 6.08. The Labute approximate surface area is 156 Å². The fraction of sp³-hybridized carbons (Fsp3) is 0.300. The zero-order valence-electron chi connectivity index (χ0n) is 15.3. The summed E-state index contributed by atoms with van der Waals surface area (Å²) in [6.07, 6.45) is 0.117. The molecule has 1 aliphatic heterocycles. The highest BCUT2D eigenvalue weighted by Crippen LogP contribution is 2.33. The molecule has 0 fully saturated rings. The van der Waals surface area contributed by atoms with E-state index in [9.17, 15) is 13.6 Å². The summed E-state index contributed by atoms with van der Waals surface area (Å²) >= 11 is 0. The number of amides is 1. The summed E-state index contributed by atoms with van der Waals surface area (Å²) in [7, 11) is 2.77. The van der Waals surface area contributed by atoms with Gasteiger partial charge >= 0.3 is 0 Å². The van der Waals surface area contributed by atoms with Gasteiger partial charge in [0.1, 0.15) is 0 Å². The average molecular weight is 374 g/mol. The fourth-order valence-corrected chi connectivity index (χ4v) is 3.14. The Balaban J connectivity index is 2.09. The highest BCUT2D eigenvalue weighted by atomic mass is 19.1. The van der Waals surface area contributed by atoms with Gasteiger partial charge in [-0.3, -0.25) is 4.79 Å². The van der Waals surface area contributed by atoms with Crippen molar-refractivity contribution in [3.63, 3.8) is 0 Å². The molecule has 0 aliphatic carbocycles. The topological polar surface area (TPSA) is 51.1 Å². The minimum Gasteiger partial charge on any atom is -0.494 e. The molecule has 1 atom stereocenters. The molecule has 7 heteroatoms. The lowest BCUT2D eigenvalue weighted by Gasteiger charge is -2.29. The maximum atomic E-state index is 14.2. The number of carbonyl (C=O) groups excluding carboxylic acids is 1. The average Bonchev–Trinajstić information content (AvgIpc) is 2.67. The molecule has 0 N–H and O–H groups in total. The number of hydrazone groups is 1. The van der Waals surface area contributed by atoms with Gasteiger partial charge < -0.3 is 9.47 Å². The normalized spacial score (nSPS) is 16.9. The maximum Gasteiger partial charge on any atom is 0.243 e. The number of halogens is 2. The minimum atomic E-state index is -0.530. The van der Waals surface area contributed by atoms with Crippen LogP contribution in [-0.2, 0) is 4.79 Å². The molecular formula is C20H20F2N2O3. The van der Waals surface area contributed by atoms with E-state index in [1.54, 1.807) is 19.1 Å². The van der Waals surface area contributed by atoms with E-state index in [4.69, 9.17) is 9.47 Å². The summed E-state index contributed by atoms with van der Waals surface area (Å²) in [4.78, 5) is 12.4. The van der Waals surface area contributed by atoms with Crippen LogP contribution in [0.3, 0.4) is 0 Å².